The Bertz CT molecular complexity index is 479. The van der Waals surface area contributed by atoms with Crippen LogP contribution in [0.15, 0.2) is 0 Å². The van der Waals surface area contributed by atoms with E-state index < -0.39 is 35.3 Å². The smallest absolute Gasteiger partial charge is 0.338 e. The first-order valence-corrected chi connectivity index (χ1v) is 10.2. The molecule has 6 heteroatoms. The van der Waals surface area contributed by atoms with Crippen LogP contribution in [-0.4, -0.2) is 45.6 Å². The average Bonchev–Trinajstić information content (AvgIpc) is 2.69. The summed E-state index contributed by atoms with van der Waals surface area (Å²) in [6.45, 7) is 0. The number of ether oxygens (including phenoxy) is 2. The number of aliphatic hydroxyl groups is 2. The van der Waals surface area contributed by atoms with E-state index in [1.54, 1.807) is 0 Å². The Labute approximate surface area is 154 Å². The van der Waals surface area contributed by atoms with E-state index in [1.165, 1.54) is 0 Å². The molecular weight excluding hydrogens is 336 g/mol. The van der Waals surface area contributed by atoms with Gasteiger partial charge in [-0.1, -0.05) is 0 Å². The SMILES string of the molecule is O=C(OC12CCC(CC1)CC2)C(O)C(O)C(=O)OC12CCC(CC1)CC2. The third-order valence-electron chi connectivity index (χ3n) is 7.47. The number of hydrogen-bond donors (Lipinski definition) is 2. The van der Waals surface area contributed by atoms with E-state index in [2.05, 4.69) is 0 Å². The van der Waals surface area contributed by atoms with Gasteiger partial charge in [-0.2, -0.15) is 0 Å². The van der Waals surface area contributed by atoms with E-state index in [0.717, 1.165) is 88.9 Å². The van der Waals surface area contributed by atoms with E-state index in [1.807, 2.05) is 0 Å². The van der Waals surface area contributed by atoms with Gasteiger partial charge in [0.15, 0.2) is 12.2 Å². The highest BCUT2D eigenvalue weighted by Gasteiger charge is 2.48. The van der Waals surface area contributed by atoms with Crippen molar-refractivity contribution in [1.82, 2.24) is 0 Å². The topological polar surface area (TPSA) is 93.1 Å². The molecule has 2 unspecified atom stereocenters. The van der Waals surface area contributed by atoms with Crippen molar-refractivity contribution >= 4 is 11.9 Å². The predicted octanol–water partition coefficient (Wildman–Crippen LogP) is 2.24. The molecule has 0 spiro atoms. The molecule has 0 aliphatic heterocycles. The summed E-state index contributed by atoms with van der Waals surface area (Å²) in [5.74, 6) is -0.351. The molecule has 0 radical (unpaired) electrons. The van der Waals surface area contributed by atoms with Gasteiger partial charge in [0.25, 0.3) is 0 Å². The Balaban J connectivity index is 1.33. The molecule has 6 aliphatic rings. The lowest BCUT2D eigenvalue weighted by atomic mass is 9.67. The van der Waals surface area contributed by atoms with Crippen molar-refractivity contribution in [2.45, 2.75) is 100 Å². The quantitative estimate of drug-likeness (QED) is 0.725. The lowest BCUT2D eigenvalue weighted by Gasteiger charge is -2.46. The Morgan fingerprint density at radius 1 is 0.654 bits per heavy atom. The van der Waals surface area contributed by atoms with Gasteiger partial charge in [0, 0.05) is 0 Å². The second-order valence-electron chi connectivity index (χ2n) is 9.06. The van der Waals surface area contributed by atoms with Crippen LogP contribution in [0.5, 0.6) is 0 Å². The van der Waals surface area contributed by atoms with E-state index in [4.69, 9.17) is 9.47 Å². The minimum atomic E-state index is -1.88. The van der Waals surface area contributed by atoms with Crippen molar-refractivity contribution < 1.29 is 29.3 Å². The second-order valence-corrected chi connectivity index (χ2v) is 9.06. The third-order valence-corrected chi connectivity index (χ3v) is 7.47. The van der Waals surface area contributed by atoms with Crippen LogP contribution in [0, 0.1) is 11.8 Å². The number of carbonyl (C=O) groups excluding carboxylic acids is 2. The molecule has 0 aromatic carbocycles. The van der Waals surface area contributed by atoms with Crippen LogP contribution in [0.3, 0.4) is 0 Å². The van der Waals surface area contributed by atoms with Crippen LogP contribution in [0.1, 0.15) is 77.0 Å². The maximum Gasteiger partial charge on any atom is 0.338 e. The molecule has 6 aliphatic carbocycles. The average molecular weight is 366 g/mol. The number of fused-ring (bicyclic) bond motifs is 6. The number of aliphatic hydroxyl groups excluding tert-OH is 2. The van der Waals surface area contributed by atoms with Crippen molar-refractivity contribution in [3.63, 3.8) is 0 Å². The molecule has 6 saturated carbocycles. The fourth-order valence-corrected chi connectivity index (χ4v) is 5.53. The Hall–Kier alpha value is -1.14. The summed E-state index contributed by atoms with van der Waals surface area (Å²) in [6, 6.07) is 0. The molecule has 6 nitrogen and oxygen atoms in total. The van der Waals surface area contributed by atoms with Crippen molar-refractivity contribution in [2.24, 2.45) is 11.8 Å². The molecule has 6 fully saturated rings. The molecule has 2 atom stereocenters. The Kier molecular flexibility index (Phi) is 4.76. The van der Waals surface area contributed by atoms with Gasteiger partial charge >= 0.3 is 11.9 Å². The number of hydrogen-bond acceptors (Lipinski definition) is 6. The fraction of sp³-hybridized carbons (Fsp3) is 0.900. The highest BCUT2D eigenvalue weighted by molar-refractivity contribution is 5.85. The van der Waals surface area contributed by atoms with Crippen LogP contribution in [-0.2, 0) is 19.1 Å². The zero-order valence-corrected chi connectivity index (χ0v) is 15.3. The second kappa shape index (κ2) is 6.79. The number of carbonyl (C=O) groups is 2. The summed E-state index contributed by atoms with van der Waals surface area (Å²) >= 11 is 0. The number of esters is 2. The largest absolute Gasteiger partial charge is 0.457 e. The first-order valence-electron chi connectivity index (χ1n) is 10.2. The van der Waals surface area contributed by atoms with E-state index >= 15 is 0 Å². The van der Waals surface area contributed by atoms with Crippen molar-refractivity contribution in [1.29, 1.82) is 0 Å². The zero-order chi connectivity index (χ0) is 18.4. The van der Waals surface area contributed by atoms with Gasteiger partial charge < -0.3 is 19.7 Å². The van der Waals surface area contributed by atoms with Crippen LogP contribution >= 0.6 is 0 Å². The lowest BCUT2D eigenvalue weighted by molar-refractivity contribution is -0.199. The van der Waals surface area contributed by atoms with Crippen LogP contribution in [0.2, 0.25) is 0 Å². The van der Waals surface area contributed by atoms with Crippen molar-refractivity contribution in [3.8, 4) is 0 Å². The van der Waals surface area contributed by atoms with Crippen LogP contribution < -0.4 is 0 Å². The zero-order valence-electron chi connectivity index (χ0n) is 15.3. The molecule has 0 aromatic heterocycles. The molecular formula is C20H30O6. The fourth-order valence-electron chi connectivity index (χ4n) is 5.53. The maximum absolute atomic E-state index is 12.3. The molecule has 146 valence electrons. The molecule has 0 aromatic rings. The third kappa shape index (κ3) is 3.38. The summed E-state index contributed by atoms with van der Waals surface area (Å²) < 4.78 is 11.2. The molecule has 26 heavy (non-hydrogen) atoms. The first kappa shape index (κ1) is 18.2. The Morgan fingerprint density at radius 2 is 0.923 bits per heavy atom. The van der Waals surface area contributed by atoms with E-state index in [9.17, 15) is 19.8 Å². The molecule has 4 bridgehead atoms. The Morgan fingerprint density at radius 3 is 1.19 bits per heavy atom. The molecule has 0 heterocycles. The maximum atomic E-state index is 12.3. The van der Waals surface area contributed by atoms with Gasteiger partial charge in [-0.3, -0.25) is 0 Å². The van der Waals surface area contributed by atoms with Crippen molar-refractivity contribution in [3.05, 3.63) is 0 Å². The first-order chi connectivity index (χ1) is 12.4. The molecule has 6 rings (SSSR count). The minimum absolute atomic E-state index is 0.517. The van der Waals surface area contributed by atoms with Gasteiger partial charge in [0.1, 0.15) is 11.2 Å². The predicted molar refractivity (Wildman–Crippen MR) is 92.0 cm³/mol. The molecule has 0 saturated heterocycles. The summed E-state index contributed by atoms with van der Waals surface area (Å²) in [4.78, 5) is 24.7. The van der Waals surface area contributed by atoms with E-state index in [0.29, 0.717) is 0 Å². The van der Waals surface area contributed by atoms with Gasteiger partial charge in [0.05, 0.1) is 0 Å². The van der Waals surface area contributed by atoms with Crippen molar-refractivity contribution in [2.75, 3.05) is 0 Å². The lowest BCUT2D eigenvalue weighted by Crippen LogP contribution is -2.51. The normalized spacial score (nSPS) is 40.7. The minimum Gasteiger partial charge on any atom is -0.457 e. The summed E-state index contributed by atoms with van der Waals surface area (Å²) in [5.41, 5.74) is -1.03. The summed E-state index contributed by atoms with van der Waals surface area (Å²) in [5, 5.41) is 20.4. The number of rotatable bonds is 5. The molecule has 0 amide bonds. The summed E-state index contributed by atoms with van der Waals surface area (Å²) in [6.07, 6.45) is 7.31. The highest BCUT2D eigenvalue weighted by Crippen LogP contribution is 2.47. The van der Waals surface area contributed by atoms with E-state index in [-0.39, 0.29) is 0 Å². The highest BCUT2D eigenvalue weighted by atomic mass is 16.6. The van der Waals surface area contributed by atoms with Gasteiger partial charge in [-0.05, 0) is 88.9 Å². The monoisotopic (exact) mass is 366 g/mol. The van der Waals surface area contributed by atoms with Gasteiger partial charge in [-0.25, -0.2) is 9.59 Å². The molecule has 2 N–H and O–H groups in total. The van der Waals surface area contributed by atoms with Crippen LogP contribution in [0.25, 0.3) is 0 Å². The summed E-state index contributed by atoms with van der Waals surface area (Å²) in [7, 11) is 0. The van der Waals surface area contributed by atoms with Gasteiger partial charge in [-0.15, -0.1) is 0 Å². The standard InChI is InChI=1S/C20H30O6/c21-15(17(23)25-19-7-1-13(2-8-19)3-9-19)16(22)18(24)26-20-10-4-14(5-11-20)6-12-20/h13-16,21-22H,1-12H2. The van der Waals surface area contributed by atoms with Gasteiger partial charge in [0.2, 0.25) is 0 Å². The van der Waals surface area contributed by atoms with Crippen LogP contribution in [0.4, 0.5) is 0 Å².